The Morgan fingerprint density at radius 2 is 1.86 bits per heavy atom. The highest BCUT2D eigenvalue weighted by Crippen LogP contribution is 2.33. The van der Waals surface area contributed by atoms with Crippen LogP contribution in [0.15, 0.2) is 12.1 Å². The van der Waals surface area contributed by atoms with Crippen LogP contribution in [-0.2, 0) is 4.79 Å². The van der Waals surface area contributed by atoms with Crippen LogP contribution in [0.1, 0.15) is 20.3 Å². The average molecular weight is 355 g/mol. The van der Waals surface area contributed by atoms with Gasteiger partial charge in [-0.1, -0.05) is 48.7 Å². The van der Waals surface area contributed by atoms with Gasteiger partial charge in [-0.15, -0.1) is 0 Å². The zero-order valence-corrected chi connectivity index (χ0v) is 14.1. The van der Waals surface area contributed by atoms with E-state index in [4.69, 9.17) is 44.6 Å². The minimum Gasteiger partial charge on any atom is -0.482 e. The van der Waals surface area contributed by atoms with Gasteiger partial charge in [0, 0.05) is 18.7 Å². The molecule has 0 aliphatic carbocycles. The van der Waals surface area contributed by atoms with Crippen LogP contribution in [0.4, 0.5) is 0 Å². The number of nitrogens with one attached hydrogen (secondary N) is 1. The van der Waals surface area contributed by atoms with Crippen molar-refractivity contribution in [3.05, 3.63) is 27.2 Å². The second-order valence-electron chi connectivity index (χ2n) is 4.92. The molecule has 0 aromatic heterocycles. The molecule has 0 fully saturated rings. The highest BCUT2D eigenvalue weighted by molar-refractivity contribution is 6.43. The van der Waals surface area contributed by atoms with Gasteiger partial charge in [-0.3, -0.25) is 4.79 Å². The summed E-state index contributed by atoms with van der Waals surface area (Å²) < 4.78 is 5.34. The van der Waals surface area contributed by atoms with Crippen molar-refractivity contribution in [2.75, 3.05) is 13.2 Å². The summed E-state index contributed by atoms with van der Waals surface area (Å²) in [6.07, 6.45) is 0.497. The summed E-state index contributed by atoms with van der Waals surface area (Å²) in [7, 11) is 0. The number of carbonyl (C=O) groups is 1. The fraction of sp³-hybridized carbons (Fsp3) is 0.500. The number of rotatable bonds is 7. The maximum Gasteiger partial charge on any atom is 0.258 e. The molecule has 0 saturated carbocycles. The second kappa shape index (κ2) is 8.69. The maximum atomic E-state index is 11.8. The molecular formula is C14H18Cl3NO3. The second-order valence-corrected chi connectivity index (χ2v) is 6.14. The van der Waals surface area contributed by atoms with Crippen LogP contribution < -0.4 is 10.1 Å². The lowest BCUT2D eigenvalue weighted by Crippen LogP contribution is -2.41. The Kier molecular flexibility index (Phi) is 7.60. The first-order valence-corrected chi connectivity index (χ1v) is 7.66. The van der Waals surface area contributed by atoms with Crippen molar-refractivity contribution in [2.24, 2.45) is 5.92 Å². The van der Waals surface area contributed by atoms with E-state index < -0.39 is 0 Å². The molecule has 1 rings (SSSR count). The number of benzene rings is 1. The highest BCUT2D eigenvalue weighted by Gasteiger charge is 2.16. The zero-order valence-electron chi connectivity index (χ0n) is 11.8. The molecule has 118 valence electrons. The molecule has 1 amide bonds. The van der Waals surface area contributed by atoms with Crippen molar-refractivity contribution in [3.8, 4) is 5.75 Å². The van der Waals surface area contributed by atoms with E-state index in [-0.39, 0.29) is 36.1 Å². The number of hydrogen-bond donors (Lipinski definition) is 2. The minimum absolute atomic E-state index is 0.0165. The summed E-state index contributed by atoms with van der Waals surface area (Å²) in [5.74, 6) is 0.225. The third-order valence-corrected chi connectivity index (χ3v) is 3.94. The average Bonchev–Trinajstić information content (AvgIpc) is 2.40. The van der Waals surface area contributed by atoms with Gasteiger partial charge < -0.3 is 15.2 Å². The van der Waals surface area contributed by atoms with Crippen molar-refractivity contribution in [3.63, 3.8) is 0 Å². The number of amides is 1. The third kappa shape index (κ3) is 5.91. The van der Waals surface area contributed by atoms with Crippen LogP contribution in [0.25, 0.3) is 0 Å². The fourth-order valence-electron chi connectivity index (χ4n) is 1.72. The van der Waals surface area contributed by atoms with E-state index >= 15 is 0 Å². The molecule has 0 spiro atoms. The molecule has 0 bridgehead atoms. The molecule has 1 aromatic rings. The topological polar surface area (TPSA) is 58.6 Å². The van der Waals surface area contributed by atoms with Crippen molar-refractivity contribution >= 4 is 40.7 Å². The Morgan fingerprint density at radius 3 is 2.43 bits per heavy atom. The van der Waals surface area contributed by atoms with E-state index in [1.807, 2.05) is 13.8 Å². The number of halogens is 3. The largest absolute Gasteiger partial charge is 0.482 e. The van der Waals surface area contributed by atoms with E-state index in [1.165, 1.54) is 12.1 Å². The van der Waals surface area contributed by atoms with Gasteiger partial charge in [0.15, 0.2) is 6.61 Å². The number of aliphatic hydroxyl groups is 1. The molecule has 1 unspecified atom stereocenters. The number of hydrogen-bond acceptors (Lipinski definition) is 3. The molecule has 0 heterocycles. The number of carbonyl (C=O) groups excluding carboxylic acids is 1. The first-order valence-electron chi connectivity index (χ1n) is 6.52. The van der Waals surface area contributed by atoms with Crippen molar-refractivity contribution in [2.45, 2.75) is 26.3 Å². The first kappa shape index (κ1) is 18.4. The predicted octanol–water partition coefficient (Wildman–Crippen LogP) is 3.55. The van der Waals surface area contributed by atoms with E-state index in [0.717, 1.165) is 0 Å². The fourth-order valence-corrected chi connectivity index (χ4v) is 2.31. The lowest BCUT2D eigenvalue weighted by Gasteiger charge is -2.21. The summed E-state index contributed by atoms with van der Waals surface area (Å²) in [6.45, 7) is 3.77. The lowest BCUT2D eigenvalue weighted by molar-refractivity contribution is -0.124. The van der Waals surface area contributed by atoms with Gasteiger partial charge in [-0.2, -0.15) is 0 Å². The van der Waals surface area contributed by atoms with E-state index in [2.05, 4.69) is 5.32 Å². The SMILES string of the molecule is CC(C)C(CCO)NC(=O)COc1cc(Cl)c(Cl)cc1Cl. The molecule has 1 aromatic carbocycles. The quantitative estimate of drug-likeness (QED) is 0.736. The van der Waals surface area contributed by atoms with E-state index in [0.29, 0.717) is 22.2 Å². The van der Waals surface area contributed by atoms with Crippen LogP contribution in [0.5, 0.6) is 5.75 Å². The van der Waals surface area contributed by atoms with E-state index in [1.54, 1.807) is 0 Å². The van der Waals surface area contributed by atoms with Crippen LogP contribution >= 0.6 is 34.8 Å². The molecule has 0 radical (unpaired) electrons. The predicted molar refractivity (Wildman–Crippen MR) is 85.4 cm³/mol. The van der Waals surface area contributed by atoms with Crippen LogP contribution in [-0.4, -0.2) is 30.3 Å². The smallest absolute Gasteiger partial charge is 0.258 e. The summed E-state index contributed by atoms with van der Waals surface area (Å²) >= 11 is 17.6. The molecular weight excluding hydrogens is 337 g/mol. The molecule has 2 N–H and O–H groups in total. The Bertz CT molecular complexity index is 495. The van der Waals surface area contributed by atoms with Gasteiger partial charge in [0.1, 0.15) is 5.75 Å². The standard InChI is InChI=1S/C14H18Cl3NO3/c1-8(2)12(3-4-19)18-14(20)7-21-13-6-10(16)9(15)5-11(13)17/h5-6,8,12,19H,3-4,7H2,1-2H3,(H,18,20). The van der Waals surface area contributed by atoms with Gasteiger partial charge >= 0.3 is 0 Å². The van der Waals surface area contributed by atoms with Crippen molar-refractivity contribution in [1.82, 2.24) is 5.32 Å². The first-order chi connectivity index (χ1) is 9.85. The minimum atomic E-state index is -0.288. The summed E-state index contributed by atoms with van der Waals surface area (Å²) in [6, 6.07) is 2.82. The molecule has 21 heavy (non-hydrogen) atoms. The summed E-state index contributed by atoms with van der Waals surface area (Å²) in [4.78, 5) is 11.8. The zero-order chi connectivity index (χ0) is 16.0. The van der Waals surface area contributed by atoms with Gasteiger partial charge in [0.25, 0.3) is 5.91 Å². The third-order valence-electron chi connectivity index (χ3n) is 2.92. The molecule has 0 aliphatic heterocycles. The lowest BCUT2D eigenvalue weighted by atomic mass is 10.0. The summed E-state index contributed by atoms with van der Waals surface area (Å²) in [5.41, 5.74) is 0. The van der Waals surface area contributed by atoms with Gasteiger partial charge in [-0.25, -0.2) is 0 Å². The van der Waals surface area contributed by atoms with Crippen molar-refractivity contribution in [1.29, 1.82) is 0 Å². The molecule has 1 atom stereocenters. The molecule has 0 aliphatic rings. The normalized spacial score (nSPS) is 12.3. The maximum absolute atomic E-state index is 11.8. The molecule has 0 saturated heterocycles. The van der Waals surface area contributed by atoms with Crippen molar-refractivity contribution < 1.29 is 14.6 Å². The highest BCUT2D eigenvalue weighted by atomic mass is 35.5. The Morgan fingerprint density at radius 1 is 1.24 bits per heavy atom. The van der Waals surface area contributed by atoms with Gasteiger partial charge in [-0.05, 0) is 18.4 Å². The van der Waals surface area contributed by atoms with Gasteiger partial charge in [0.05, 0.1) is 15.1 Å². The van der Waals surface area contributed by atoms with Gasteiger partial charge in [0.2, 0.25) is 0 Å². The Labute approximate surface area is 139 Å². The monoisotopic (exact) mass is 353 g/mol. The Balaban J connectivity index is 2.58. The van der Waals surface area contributed by atoms with Crippen LogP contribution in [0.3, 0.4) is 0 Å². The number of ether oxygens (including phenoxy) is 1. The van der Waals surface area contributed by atoms with Crippen LogP contribution in [0, 0.1) is 5.92 Å². The Hall–Kier alpha value is -0.680. The number of aliphatic hydroxyl groups excluding tert-OH is 1. The summed E-state index contributed by atoms with van der Waals surface area (Å²) in [5, 5.41) is 12.7. The molecule has 7 heteroatoms. The molecule has 4 nitrogen and oxygen atoms in total. The van der Waals surface area contributed by atoms with Crippen LogP contribution in [0.2, 0.25) is 15.1 Å². The van der Waals surface area contributed by atoms with E-state index in [9.17, 15) is 4.79 Å².